The van der Waals surface area contributed by atoms with Crippen molar-refractivity contribution in [2.75, 3.05) is 19.8 Å². The Morgan fingerprint density at radius 3 is 2.12 bits per heavy atom. The summed E-state index contributed by atoms with van der Waals surface area (Å²) in [6, 6.07) is 7.71. The summed E-state index contributed by atoms with van der Waals surface area (Å²) in [6.07, 6.45) is 12.4. The van der Waals surface area contributed by atoms with Crippen molar-refractivity contribution in [2.24, 2.45) is 5.92 Å². The molecule has 2 unspecified atom stereocenters. The van der Waals surface area contributed by atoms with Crippen molar-refractivity contribution in [3.63, 3.8) is 0 Å². The predicted molar refractivity (Wildman–Crippen MR) is 140 cm³/mol. The molecule has 0 aromatic heterocycles. The molecule has 33 heavy (non-hydrogen) atoms. The summed E-state index contributed by atoms with van der Waals surface area (Å²) in [5, 5.41) is 4.15. The molecule has 0 bridgehead atoms. The summed E-state index contributed by atoms with van der Waals surface area (Å²) in [5.41, 5.74) is 0.893. The van der Waals surface area contributed by atoms with E-state index < -0.39 is 0 Å². The van der Waals surface area contributed by atoms with Gasteiger partial charge in [0.05, 0.1) is 25.2 Å². The first kappa shape index (κ1) is 29.9. The van der Waals surface area contributed by atoms with Gasteiger partial charge in [-0.1, -0.05) is 94.5 Å². The summed E-state index contributed by atoms with van der Waals surface area (Å²) >= 11 is 6.41. The van der Waals surface area contributed by atoms with Gasteiger partial charge >= 0.3 is 5.97 Å². The van der Waals surface area contributed by atoms with Gasteiger partial charge in [0.15, 0.2) is 0 Å². The van der Waals surface area contributed by atoms with Gasteiger partial charge in [-0.3, -0.25) is 4.79 Å². The molecule has 0 spiro atoms. The van der Waals surface area contributed by atoms with E-state index in [4.69, 9.17) is 21.1 Å². The molecule has 0 amide bonds. The number of unbranched alkanes of at least 4 members (excludes halogenated alkanes) is 9. The Bertz CT molecular complexity index is 644. The molecule has 1 aromatic carbocycles. The van der Waals surface area contributed by atoms with Crippen molar-refractivity contribution in [3.8, 4) is 0 Å². The van der Waals surface area contributed by atoms with Gasteiger partial charge in [-0.25, -0.2) is 0 Å². The van der Waals surface area contributed by atoms with Crippen LogP contribution in [0.15, 0.2) is 24.3 Å². The Hall–Kier alpha value is -1.10. The number of hydrogen-bond acceptors (Lipinski definition) is 4. The minimum atomic E-state index is -0.312. The molecule has 4 nitrogen and oxygen atoms in total. The highest BCUT2D eigenvalue weighted by atomic mass is 35.5. The zero-order valence-corrected chi connectivity index (χ0v) is 22.5. The Balaban J connectivity index is 2.28. The fourth-order valence-electron chi connectivity index (χ4n) is 3.63. The lowest BCUT2D eigenvalue weighted by Crippen LogP contribution is -2.39. The second kappa shape index (κ2) is 17.4. The van der Waals surface area contributed by atoms with Crippen LogP contribution >= 0.6 is 11.6 Å². The molecule has 0 aliphatic carbocycles. The number of halogens is 1. The maximum absolute atomic E-state index is 12.4. The van der Waals surface area contributed by atoms with E-state index >= 15 is 0 Å². The van der Waals surface area contributed by atoms with Crippen LogP contribution in [0.4, 0.5) is 0 Å². The molecule has 0 aliphatic rings. The van der Waals surface area contributed by atoms with Gasteiger partial charge in [0.1, 0.15) is 0 Å². The molecule has 0 heterocycles. The topological polar surface area (TPSA) is 47.6 Å². The zero-order valence-electron chi connectivity index (χ0n) is 21.8. The summed E-state index contributed by atoms with van der Waals surface area (Å²) in [5.74, 6) is -0.500. The van der Waals surface area contributed by atoms with E-state index in [1.807, 2.05) is 31.2 Å². The molecule has 0 radical (unpaired) electrons. The molecule has 0 fully saturated rings. The average Bonchev–Trinajstić information content (AvgIpc) is 2.77. The van der Waals surface area contributed by atoms with E-state index in [0.717, 1.165) is 18.4 Å². The van der Waals surface area contributed by atoms with E-state index in [2.05, 4.69) is 33.0 Å². The van der Waals surface area contributed by atoms with E-state index in [1.54, 1.807) is 0 Å². The zero-order chi connectivity index (χ0) is 24.5. The monoisotopic (exact) mass is 481 g/mol. The first-order chi connectivity index (χ1) is 15.7. The minimum Gasteiger partial charge on any atom is -0.465 e. The van der Waals surface area contributed by atoms with Crippen molar-refractivity contribution >= 4 is 17.6 Å². The van der Waals surface area contributed by atoms with Crippen LogP contribution in [0.2, 0.25) is 5.02 Å². The fourth-order valence-corrected chi connectivity index (χ4v) is 3.88. The normalized spacial score (nSPS) is 13.6. The largest absolute Gasteiger partial charge is 0.465 e. The number of carbonyl (C=O) groups is 1. The van der Waals surface area contributed by atoms with Gasteiger partial charge in [-0.05, 0) is 40.2 Å². The van der Waals surface area contributed by atoms with Crippen LogP contribution in [0, 0.1) is 5.92 Å². The van der Waals surface area contributed by atoms with Gasteiger partial charge in [0, 0.05) is 22.7 Å². The highest BCUT2D eigenvalue weighted by Gasteiger charge is 2.22. The SMILES string of the molecule is CCCCCCCCCCCCOC(=O)C(C)COC(CNC(C)(C)C)c1ccccc1Cl. The number of hydrogen-bond donors (Lipinski definition) is 1. The fraction of sp³-hybridized carbons (Fsp3) is 0.750. The maximum atomic E-state index is 12.4. The molecule has 190 valence electrons. The lowest BCUT2D eigenvalue weighted by Gasteiger charge is -2.27. The van der Waals surface area contributed by atoms with Gasteiger partial charge in [0.2, 0.25) is 0 Å². The number of carbonyl (C=O) groups excluding carboxylic acids is 1. The highest BCUT2D eigenvalue weighted by molar-refractivity contribution is 6.31. The summed E-state index contributed by atoms with van der Waals surface area (Å²) < 4.78 is 11.6. The highest BCUT2D eigenvalue weighted by Crippen LogP contribution is 2.26. The predicted octanol–water partition coefficient (Wildman–Crippen LogP) is 7.89. The van der Waals surface area contributed by atoms with Crippen LogP contribution < -0.4 is 5.32 Å². The minimum absolute atomic E-state index is 0.0392. The van der Waals surface area contributed by atoms with E-state index in [-0.39, 0.29) is 23.5 Å². The van der Waals surface area contributed by atoms with Crippen LogP contribution in [0.25, 0.3) is 0 Å². The molecule has 2 atom stereocenters. The molecule has 0 saturated carbocycles. The van der Waals surface area contributed by atoms with Gasteiger partial charge in [0.25, 0.3) is 0 Å². The van der Waals surface area contributed by atoms with Crippen LogP contribution in [0.1, 0.15) is 110 Å². The number of nitrogens with one attached hydrogen (secondary N) is 1. The van der Waals surface area contributed by atoms with E-state index in [9.17, 15) is 4.79 Å². The third-order valence-electron chi connectivity index (χ3n) is 5.76. The smallest absolute Gasteiger partial charge is 0.310 e. The number of ether oxygens (including phenoxy) is 2. The third-order valence-corrected chi connectivity index (χ3v) is 6.11. The summed E-state index contributed by atoms with van der Waals surface area (Å²) in [6.45, 7) is 11.9. The van der Waals surface area contributed by atoms with Crippen molar-refractivity contribution in [2.45, 2.75) is 110 Å². The first-order valence-corrected chi connectivity index (χ1v) is 13.4. The molecule has 1 aromatic rings. The number of benzene rings is 1. The Labute approximate surface area is 208 Å². The molecular weight excluding hydrogens is 434 g/mol. The van der Waals surface area contributed by atoms with Crippen LogP contribution in [-0.4, -0.2) is 31.3 Å². The molecule has 0 aliphatic heterocycles. The van der Waals surface area contributed by atoms with E-state index in [0.29, 0.717) is 24.8 Å². The quantitative estimate of drug-likeness (QED) is 0.171. The third kappa shape index (κ3) is 14.7. The number of rotatable bonds is 18. The standard InChI is InChI=1S/C28H48ClNO3/c1-6-7-8-9-10-11-12-13-14-17-20-32-27(31)23(2)22-33-26(21-30-28(3,4)5)24-18-15-16-19-25(24)29/h15-16,18-19,23,26,30H,6-14,17,20-22H2,1-5H3. The van der Waals surface area contributed by atoms with Crippen molar-refractivity contribution in [1.29, 1.82) is 0 Å². The molecular formula is C28H48ClNO3. The van der Waals surface area contributed by atoms with Crippen molar-refractivity contribution in [3.05, 3.63) is 34.9 Å². The van der Waals surface area contributed by atoms with Crippen LogP contribution in [-0.2, 0) is 14.3 Å². The Morgan fingerprint density at radius 1 is 0.970 bits per heavy atom. The summed E-state index contributed by atoms with van der Waals surface area (Å²) in [4.78, 5) is 12.4. The summed E-state index contributed by atoms with van der Waals surface area (Å²) in [7, 11) is 0. The Kier molecular flexibility index (Phi) is 15.7. The number of esters is 1. The van der Waals surface area contributed by atoms with Gasteiger partial charge in [-0.15, -0.1) is 0 Å². The second-order valence-electron chi connectivity index (χ2n) is 10.2. The molecule has 5 heteroatoms. The second-order valence-corrected chi connectivity index (χ2v) is 10.6. The lowest BCUT2D eigenvalue weighted by molar-refractivity contribution is -0.151. The van der Waals surface area contributed by atoms with Crippen molar-refractivity contribution < 1.29 is 14.3 Å². The van der Waals surface area contributed by atoms with Crippen LogP contribution in [0.3, 0.4) is 0 Å². The maximum Gasteiger partial charge on any atom is 0.310 e. The van der Waals surface area contributed by atoms with Crippen molar-refractivity contribution in [1.82, 2.24) is 5.32 Å². The molecule has 1 N–H and O–H groups in total. The average molecular weight is 482 g/mol. The molecule has 1 rings (SSSR count). The van der Waals surface area contributed by atoms with E-state index in [1.165, 1.54) is 51.4 Å². The Morgan fingerprint density at radius 2 is 1.55 bits per heavy atom. The lowest BCUT2D eigenvalue weighted by atomic mass is 10.1. The van der Waals surface area contributed by atoms with Gasteiger partial charge < -0.3 is 14.8 Å². The van der Waals surface area contributed by atoms with Crippen LogP contribution in [0.5, 0.6) is 0 Å². The first-order valence-electron chi connectivity index (χ1n) is 13.0. The molecule has 0 saturated heterocycles. The van der Waals surface area contributed by atoms with Gasteiger partial charge in [-0.2, -0.15) is 0 Å².